The van der Waals surface area contributed by atoms with Crippen molar-refractivity contribution in [1.29, 1.82) is 0 Å². The molecule has 0 spiro atoms. The van der Waals surface area contributed by atoms with Crippen molar-refractivity contribution < 1.29 is 18.3 Å². The van der Waals surface area contributed by atoms with Crippen molar-refractivity contribution in [1.82, 2.24) is 4.98 Å². The summed E-state index contributed by atoms with van der Waals surface area (Å²) in [4.78, 5) is 2.63. The molecule has 1 unspecified atom stereocenters. The smallest absolute Gasteiger partial charge is 0.387 e. The van der Waals surface area contributed by atoms with E-state index < -0.39 is 17.8 Å². The third-order valence-corrected chi connectivity index (χ3v) is 2.79. The maximum absolute atomic E-state index is 13.0. The number of para-hydroxylation sites is 1. The molecule has 1 aromatic heterocycles. The summed E-state index contributed by atoms with van der Waals surface area (Å²) in [5.74, 6) is 0. The molecule has 0 radical (unpaired) electrons. The van der Waals surface area contributed by atoms with Gasteiger partial charge in [0.05, 0.1) is 17.4 Å². The minimum Gasteiger partial charge on any atom is -0.387 e. The Balaban J connectivity index is 2.64. The lowest BCUT2D eigenvalue weighted by molar-refractivity contribution is -0.137. The number of fused-ring (bicyclic) bond motifs is 1. The van der Waals surface area contributed by atoms with Crippen LogP contribution in [-0.2, 0) is 6.18 Å². The lowest BCUT2D eigenvalue weighted by atomic mass is 10.1. The van der Waals surface area contributed by atoms with Gasteiger partial charge in [0.1, 0.15) is 0 Å². The van der Waals surface area contributed by atoms with Gasteiger partial charge in [0, 0.05) is 10.9 Å². The van der Waals surface area contributed by atoms with Gasteiger partial charge in [-0.15, -0.1) is 0 Å². The molecule has 0 saturated carbocycles. The Morgan fingerprint density at radius 3 is 2.56 bits per heavy atom. The Bertz CT molecular complexity index is 548. The van der Waals surface area contributed by atoms with Crippen molar-refractivity contribution in [2.24, 2.45) is 5.73 Å². The maximum Gasteiger partial charge on any atom is 0.418 e. The van der Waals surface area contributed by atoms with E-state index in [4.69, 9.17) is 5.73 Å². The number of aliphatic hydroxyl groups is 1. The van der Waals surface area contributed by atoms with E-state index in [2.05, 4.69) is 4.98 Å². The molecule has 0 aliphatic carbocycles. The van der Waals surface area contributed by atoms with Crippen LogP contribution in [0.15, 0.2) is 24.3 Å². The van der Waals surface area contributed by atoms with Crippen molar-refractivity contribution >= 4 is 10.9 Å². The molecule has 0 fully saturated rings. The zero-order chi connectivity index (χ0) is 13.3. The molecule has 98 valence electrons. The van der Waals surface area contributed by atoms with E-state index in [1.807, 2.05) is 0 Å². The number of nitrogens with two attached hydrogens (primary N) is 1. The average Bonchev–Trinajstić information content (AvgIpc) is 2.68. The largest absolute Gasteiger partial charge is 0.418 e. The highest BCUT2D eigenvalue weighted by Crippen LogP contribution is 2.40. The van der Waals surface area contributed by atoms with E-state index in [1.165, 1.54) is 12.1 Å². The number of benzene rings is 1. The number of halogens is 3. The number of aliphatic hydroxyl groups excluding tert-OH is 1. The summed E-state index contributed by atoms with van der Waals surface area (Å²) in [5, 5.41) is 9.82. The van der Waals surface area contributed by atoms with Crippen molar-refractivity contribution in [3.8, 4) is 0 Å². The number of alkyl halides is 3. The van der Waals surface area contributed by atoms with E-state index in [-0.39, 0.29) is 24.0 Å². The van der Waals surface area contributed by atoms with Crippen LogP contribution in [0.2, 0.25) is 0 Å². The topological polar surface area (TPSA) is 62.0 Å². The quantitative estimate of drug-likeness (QED) is 0.792. The molecule has 0 aliphatic rings. The molecule has 0 bridgehead atoms. The van der Waals surface area contributed by atoms with Gasteiger partial charge in [-0.2, -0.15) is 13.2 Å². The highest BCUT2D eigenvalue weighted by atomic mass is 19.4. The van der Waals surface area contributed by atoms with Crippen molar-refractivity contribution in [2.75, 3.05) is 6.54 Å². The van der Waals surface area contributed by atoms with Crippen LogP contribution >= 0.6 is 0 Å². The first-order chi connectivity index (χ1) is 8.45. The van der Waals surface area contributed by atoms with Crippen LogP contribution in [0, 0.1) is 0 Å². The highest BCUT2D eigenvalue weighted by Gasteiger charge is 2.38. The second-order valence-electron chi connectivity index (χ2n) is 4.05. The SMILES string of the molecule is NCCC(O)c1[nH]c2ccccc2c1C(F)(F)F. The van der Waals surface area contributed by atoms with E-state index in [9.17, 15) is 18.3 Å². The zero-order valence-electron chi connectivity index (χ0n) is 9.46. The number of aromatic nitrogens is 1. The second kappa shape index (κ2) is 4.62. The minimum atomic E-state index is -4.51. The van der Waals surface area contributed by atoms with Crippen LogP contribution in [-0.4, -0.2) is 16.6 Å². The summed E-state index contributed by atoms with van der Waals surface area (Å²) in [7, 11) is 0. The molecule has 18 heavy (non-hydrogen) atoms. The molecule has 6 heteroatoms. The zero-order valence-corrected chi connectivity index (χ0v) is 9.46. The Morgan fingerprint density at radius 2 is 1.94 bits per heavy atom. The third kappa shape index (κ3) is 2.21. The number of nitrogens with one attached hydrogen (secondary N) is 1. The van der Waals surface area contributed by atoms with Crippen molar-refractivity contribution in [3.05, 3.63) is 35.5 Å². The predicted molar refractivity (Wildman–Crippen MR) is 61.9 cm³/mol. The van der Waals surface area contributed by atoms with Gasteiger partial charge in [0.2, 0.25) is 0 Å². The average molecular weight is 258 g/mol. The van der Waals surface area contributed by atoms with Crippen LogP contribution in [0.5, 0.6) is 0 Å². The Hall–Kier alpha value is -1.53. The molecule has 0 aliphatic heterocycles. The highest BCUT2D eigenvalue weighted by molar-refractivity contribution is 5.85. The molecule has 0 amide bonds. The first kappa shape index (κ1) is 12.9. The van der Waals surface area contributed by atoms with Gasteiger partial charge >= 0.3 is 6.18 Å². The third-order valence-electron chi connectivity index (χ3n) is 2.79. The van der Waals surface area contributed by atoms with E-state index in [1.54, 1.807) is 12.1 Å². The number of aromatic amines is 1. The van der Waals surface area contributed by atoms with Crippen LogP contribution in [0.1, 0.15) is 23.8 Å². The molecule has 0 saturated heterocycles. The van der Waals surface area contributed by atoms with Crippen molar-refractivity contribution in [3.63, 3.8) is 0 Å². The van der Waals surface area contributed by atoms with Crippen LogP contribution < -0.4 is 5.73 Å². The van der Waals surface area contributed by atoms with Crippen LogP contribution in [0.25, 0.3) is 10.9 Å². The lowest BCUT2D eigenvalue weighted by Gasteiger charge is -2.13. The summed E-state index contributed by atoms with van der Waals surface area (Å²) < 4.78 is 39.1. The fraction of sp³-hybridized carbons (Fsp3) is 0.333. The number of hydrogen-bond donors (Lipinski definition) is 3. The summed E-state index contributed by atoms with van der Waals surface area (Å²) in [5.41, 5.74) is 4.60. The first-order valence-corrected chi connectivity index (χ1v) is 5.51. The van der Waals surface area contributed by atoms with Gasteiger partial charge in [0.15, 0.2) is 0 Å². The number of rotatable bonds is 3. The molecular weight excluding hydrogens is 245 g/mol. The van der Waals surface area contributed by atoms with E-state index in [0.717, 1.165) is 0 Å². The lowest BCUT2D eigenvalue weighted by Crippen LogP contribution is -2.13. The van der Waals surface area contributed by atoms with Crippen LogP contribution in [0.3, 0.4) is 0 Å². The molecular formula is C12H13F3N2O. The summed E-state index contributed by atoms with van der Waals surface area (Å²) in [6, 6.07) is 6.10. The molecule has 1 atom stereocenters. The van der Waals surface area contributed by atoms with Gasteiger partial charge in [0.25, 0.3) is 0 Å². The van der Waals surface area contributed by atoms with Gasteiger partial charge < -0.3 is 15.8 Å². The number of hydrogen-bond acceptors (Lipinski definition) is 2. The van der Waals surface area contributed by atoms with E-state index in [0.29, 0.717) is 5.52 Å². The van der Waals surface area contributed by atoms with Gasteiger partial charge in [-0.1, -0.05) is 18.2 Å². The van der Waals surface area contributed by atoms with E-state index >= 15 is 0 Å². The van der Waals surface area contributed by atoms with Crippen molar-refractivity contribution in [2.45, 2.75) is 18.7 Å². The summed E-state index contributed by atoms with van der Waals surface area (Å²) in [6.45, 7) is 0.119. The molecule has 1 heterocycles. The minimum absolute atomic E-state index is 0.0658. The fourth-order valence-electron chi connectivity index (χ4n) is 2.02. The number of H-pyrrole nitrogens is 1. The monoisotopic (exact) mass is 258 g/mol. The molecule has 1 aromatic carbocycles. The predicted octanol–water partition coefficient (Wildman–Crippen LogP) is 2.57. The van der Waals surface area contributed by atoms with Gasteiger partial charge in [-0.05, 0) is 19.0 Å². The van der Waals surface area contributed by atoms with Crippen LogP contribution in [0.4, 0.5) is 13.2 Å². The Morgan fingerprint density at radius 1 is 1.28 bits per heavy atom. The Kier molecular flexibility index (Phi) is 3.32. The second-order valence-corrected chi connectivity index (χ2v) is 4.05. The standard InChI is InChI=1S/C12H13F3N2O/c13-12(14,15)10-7-3-1-2-4-8(7)17-11(10)9(18)5-6-16/h1-4,9,17-18H,5-6,16H2. The maximum atomic E-state index is 13.0. The molecule has 3 nitrogen and oxygen atoms in total. The summed E-state index contributed by atoms with van der Waals surface area (Å²) >= 11 is 0. The molecule has 2 aromatic rings. The molecule has 2 rings (SSSR count). The van der Waals surface area contributed by atoms with Gasteiger partial charge in [-0.25, -0.2) is 0 Å². The summed E-state index contributed by atoms with van der Waals surface area (Å²) in [6.07, 6.45) is -5.67. The fourth-order valence-corrected chi connectivity index (χ4v) is 2.02. The normalized spacial score (nSPS) is 14.1. The molecule has 4 N–H and O–H groups in total. The first-order valence-electron chi connectivity index (χ1n) is 5.51. The van der Waals surface area contributed by atoms with Gasteiger partial charge in [-0.3, -0.25) is 0 Å². The Labute approximate surface area is 101 Å².